The fourth-order valence-corrected chi connectivity index (χ4v) is 2.39. The number of aromatic nitrogens is 2. The van der Waals surface area contributed by atoms with Crippen LogP contribution in [0.3, 0.4) is 0 Å². The molecule has 104 valence electrons. The van der Waals surface area contributed by atoms with Gasteiger partial charge >= 0.3 is 0 Å². The van der Waals surface area contributed by atoms with Gasteiger partial charge in [0.15, 0.2) is 5.82 Å². The Balaban J connectivity index is 1.65. The number of hydrogen-bond donors (Lipinski definition) is 1. The van der Waals surface area contributed by atoms with Crippen molar-refractivity contribution in [2.45, 2.75) is 19.4 Å². The first kappa shape index (κ1) is 12.8. The Bertz CT molecular complexity index is 564. The zero-order valence-electron chi connectivity index (χ0n) is 11.2. The highest BCUT2D eigenvalue weighted by Crippen LogP contribution is 2.21. The lowest BCUT2D eigenvalue weighted by atomic mass is 10.2. The van der Waals surface area contributed by atoms with Crippen LogP contribution in [0, 0.1) is 5.82 Å². The Kier molecular flexibility index (Phi) is 3.76. The van der Waals surface area contributed by atoms with E-state index in [2.05, 4.69) is 20.4 Å². The van der Waals surface area contributed by atoms with Crippen LogP contribution in [0.2, 0.25) is 0 Å². The molecule has 0 amide bonds. The average molecular weight is 272 g/mol. The molecule has 0 spiro atoms. The summed E-state index contributed by atoms with van der Waals surface area (Å²) in [4.78, 5) is 2.32. The zero-order chi connectivity index (χ0) is 13.8. The number of hydrogen-bond acceptors (Lipinski definition) is 4. The van der Waals surface area contributed by atoms with Crippen LogP contribution in [0.5, 0.6) is 0 Å². The lowest BCUT2D eigenvalue weighted by molar-refractivity contribution is 0.627. The van der Waals surface area contributed by atoms with E-state index in [1.807, 2.05) is 6.07 Å². The molecule has 0 atom stereocenters. The normalized spacial score (nSPS) is 14.6. The van der Waals surface area contributed by atoms with Gasteiger partial charge in [-0.3, -0.25) is 0 Å². The minimum absolute atomic E-state index is 0.218. The fraction of sp³-hybridized carbons (Fsp3) is 0.333. The Hall–Kier alpha value is -2.17. The quantitative estimate of drug-likeness (QED) is 0.929. The molecule has 2 heterocycles. The van der Waals surface area contributed by atoms with Gasteiger partial charge in [0, 0.05) is 25.7 Å². The number of nitrogens with one attached hydrogen (secondary N) is 1. The summed E-state index contributed by atoms with van der Waals surface area (Å²) >= 11 is 0. The Morgan fingerprint density at radius 1 is 1.15 bits per heavy atom. The molecule has 1 aromatic heterocycles. The van der Waals surface area contributed by atoms with E-state index in [9.17, 15) is 4.39 Å². The van der Waals surface area contributed by atoms with Gasteiger partial charge in [-0.2, -0.15) is 5.10 Å². The molecule has 0 aliphatic carbocycles. The van der Waals surface area contributed by atoms with E-state index in [1.54, 1.807) is 18.3 Å². The van der Waals surface area contributed by atoms with Crippen molar-refractivity contribution in [2.24, 2.45) is 0 Å². The Morgan fingerprint density at radius 3 is 2.65 bits per heavy atom. The summed E-state index contributed by atoms with van der Waals surface area (Å²) in [5, 5.41) is 11.3. The third-order valence-electron chi connectivity index (χ3n) is 3.50. The molecular weight excluding hydrogens is 255 g/mol. The van der Waals surface area contributed by atoms with Gasteiger partial charge in [-0.1, -0.05) is 12.1 Å². The second-order valence-electron chi connectivity index (χ2n) is 4.97. The van der Waals surface area contributed by atoms with E-state index < -0.39 is 0 Å². The van der Waals surface area contributed by atoms with Gasteiger partial charge in [-0.05, 0) is 30.5 Å². The Labute approximate surface area is 117 Å². The van der Waals surface area contributed by atoms with Crippen molar-refractivity contribution in [2.75, 3.05) is 23.3 Å². The highest BCUT2D eigenvalue weighted by molar-refractivity contribution is 5.52. The molecule has 20 heavy (non-hydrogen) atoms. The van der Waals surface area contributed by atoms with E-state index in [1.165, 1.54) is 25.0 Å². The summed E-state index contributed by atoms with van der Waals surface area (Å²) in [6, 6.07) is 8.47. The van der Waals surface area contributed by atoms with Crippen molar-refractivity contribution in [1.82, 2.24) is 10.2 Å². The number of nitrogens with zero attached hydrogens (tertiary/aromatic N) is 3. The number of benzene rings is 1. The standard InChI is InChI=1S/C15H17FN4/c16-13-5-3-12(4-6-13)10-17-15-9-14(11-18-19-15)20-7-1-2-8-20/h3-6,9,11H,1-2,7-8,10H2,(H,17,19). The van der Waals surface area contributed by atoms with Crippen molar-refractivity contribution in [3.8, 4) is 0 Å². The summed E-state index contributed by atoms with van der Waals surface area (Å²) in [6.07, 6.45) is 4.27. The minimum Gasteiger partial charge on any atom is -0.370 e. The first-order valence-electron chi connectivity index (χ1n) is 6.87. The number of halogens is 1. The van der Waals surface area contributed by atoms with Crippen LogP contribution in [0.1, 0.15) is 18.4 Å². The van der Waals surface area contributed by atoms with Crippen LogP contribution in [0.15, 0.2) is 36.5 Å². The van der Waals surface area contributed by atoms with Gasteiger partial charge in [0.2, 0.25) is 0 Å². The molecule has 0 unspecified atom stereocenters. The van der Waals surface area contributed by atoms with Gasteiger partial charge in [0.25, 0.3) is 0 Å². The topological polar surface area (TPSA) is 41.0 Å². The molecular formula is C15H17FN4. The van der Waals surface area contributed by atoms with Crippen LogP contribution in [0.25, 0.3) is 0 Å². The lowest BCUT2D eigenvalue weighted by Crippen LogP contribution is -2.18. The first-order valence-corrected chi connectivity index (χ1v) is 6.87. The summed E-state index contributed by atoms with van der Waals surface area (Å²) in [5.74, 6) is 0.531. The summed E-state index contributed by atoms with van der Waals surface area (Å²) < 4.78 is 12.8. The molecule has 1 N–H and O–H groups in total. The second-order valence-corrected chi connectivity index (χ2v) is 4.97. The average Bonchev–Trinajstić information content (AvgIpc) is 3.01. The van der Waals surface area contributed by atoms with E-state index in [0.29, 0.717) is 6.54 Å². The maximum absolute atomic E-state index is 12.8. The maximum Gasteiger partial charge on any atom is 0.150 e. The Morgan fingerprint density at radius 2 is 1.90 bits per heavy atom. The molecule has 2 aromatic rings. The van der Waals surface area contributed by atoms with Gasteiger partial charge in [0.1, 0.15) is 5.82 Å². The van der Waals surface area contributed by atoms with Crippen molar-refractivity contribution in [3.05, 3.63) is 47.9 Å². The van der Waals surface area contributed by atoms with Crippen LogP contribution >= 0.6 is 0 Å². The fourth-order valence-electron chi connectivity index (χ4n) is 2.39. The molecule has 1 aliphatic heterocycles. The molecule has 1 saturated heterocycles. The van der Waals surface area contributed by atoms with Gasteiger partial charge in [0.05, 0.1) is 11.9 Å². The SMILES string of the molecule is Fc1ccc(CNc2cc(N3CCCC3)cnn2)cc1. The van der Waals surface area contributed by atoms with Crippen molar-refractivity contribution in [1.29, 1.82) is 0 Å². The first-order chi connectivity index (χ1) is 9.81. The van der Waals surface area contributed by atoms with Crippen LogP contribution in [0.4, 0.5) is 15.9 Å². The molecule has 3 rings (SSSR count). The molecule has 5 heteroatoms. The summed E-state index contributed by atoms with van der Waals surface area (Å²) in [6.45, 7) is 2.78. The van der Waals surface area contributed by atoms with E-state index in [-0.39, 0.29) is 5.82 Å². The summed E-state index contributed by atoms with van der Waals surface area (Å²) in [5.41, 5.74) is 2.12. The smallest absolute Gasteiger partial charge is 0.150 e. The maximum atomic E-state index is 12.8. The summed E-state index contributed by atoms with van der Waals surface area (Å²) in [7, 11) is 0. The van der Waals surface area contributed by atoms with Gasteiger partial charge in [-0.25, -0.2) is 4.39 Å². The van der Waals surface area contributed by atoms with E-state index >= 15 is 0 Å². The van der Waals surface area contributed by atoms with Crippen molar-refractivity contribution >= 4 is 11.5 Å². The molecule has 0 saturated carbocycles. The van der Waals surface area contributed by atoms with E-state index in [4.69, 9.17) is 0 Å². The molecule has 1 fully saturated rings. The molecule has 1 aliphatic rings. The second kappa shape index (κ2) is 5.86. The predicted molar refractivity (Wildman–Crippen MR) is 77.2 cm³/mol. The molecule has 0 radical (unpaired) electrons. The lowest BCUT2D eigenvalue weighted by Gasteiger charge is -2.17. The molecule has 4 nitrogen and oxygen atoms in total. The van der Waals surface area contributed by atoms with E-state index in [0.717, 1.165) is 30.2 Å². The van der Waals surface area contributed by atoms with Gasteiger partial charge < -0.3 is 10.2 Å². The van der Waals surface area contributed by atoms with Crippen LogP contribution in [-0.4, -0.2) is 23.3 Å². The third-order valence-corrected chi connectivity index (χ3v) is 3.50. The largest absolute Gasteiger partial charge is 0.370 e. The number of rotatable bonds is 4. The monoisotopic (exact) mass is 272 g/mol. The minimum atomic E-state index is -0.218. The number of anilines is 2. The molecule has 1 aromatic carbocycles. The zero-order valence-corrected chi connectivity index (χ0v) is 11.2. The third kappa shape index (κ3) is 3.04. The van der Waals surface area contributed by atoms with Crippen LogP contribution in [-0.2, 0) is 6.54 Å². The van der Waals surface area contributed by atoms with Crippen molar-refractivity contribution < 1.29 is 4.39 Å². The highest BCUT2D eigenvalue weighted by Gasteiger charge is 2.13. The predicted octanol–water partition coefficient (Wildman–Crippen LogP) is 2.83. The van der Waals surface area contributed by atoms with Gasteiger partial charge in [-0.15, -0.1) is 5.10 Å². The van der Waals surface area contributed by atoms with Crippen molar-refractivity contribution in [3.63, 3.8) is 0 Å². The highest BCUT2D eigenvalue weighted by atomic mass is 19.1. The van der Waals surface area contributed by atoms with Crippen LogP contribution < -0.4 is 10.2 Å². The molecule has 0 bridgehead atoms.